The summed E-state index contributed by atoms with van der Waals surface area (Å²) in [5.74, 6) is 0.473. The standard InChI is InChI=1S/C17H23N7O2/c1-22-10-8-14(9-11-22)23(2)17-15(24(25)26)16(18-12-19-17)21-20-13-6-4-3-5-7-13/h3-7,12,14,20H,8-11H2,1-2H3,(H,18,19,21). The summed E-state index contributed by atoms with van der Waals surface area (Å²) in [4.78, 5) is 23.7. The highest BCUT2D eigenvalue weighted by Crippen LogP contribution is 2.33. The molecule has 0 amide bonds. The van der Waals surface area contributed by atoms with Crippen LogP contribution in [-0.4, -0.2) is 53.0 Å². The van der Waals surface area contributed by atoms with Gasteiger partial charge in [0.2, 0.25) is 11.6 Å². The fourth-order valence-electron chi connectivity index (χ4n) is 3.10. The highest BCUT2D eigenvalue weighted by molar-refractivity contribution is 5.71. The molecule has 138 valence electrons. The van der Waals surface area contributed by atoms with Gasteiger partial charge < -0.3 is 9.80 Å². The van der Waals surface area contributed by atoms with Gasteiger partial charge >= 0.3 is 5.69 Å². The highest BCUT2D eigenvalue weighted by Gasteiger charge is 2.30. The van der Waals surface area contributed by atoms with E-state index in [2.05, 4.69) is 32.8 Å². The molecule has 26 heavy (non-hydrogen) atoms. The number of piperidine rings is 1. The third-order valence-corrected chi connectivity index (χ3v) is 4.65. The highest BCUT2D eigenvalue weighted by atomic mass is 16.6. The first-order valence-electron chi connectivity index (χ1n) is 8.54. The maximum absolute atomic E-state index is 11.7. The number of likely N-dealkylation sites (tertiary alicyclic amines) is 1. The summed E-state index contributed by atoms with van der Waals surface area (Å²) in [6.07, 6.45) is 3.24. The van der Waals surface area contributed by atoms with Crippen LogP contribution in [0.4, 0.5) is 23.0 Å². The van der Waals surface area contributed by atoms with Crippen molar-refractivity contribution in [3.63, 3.8) is 0 Å². The van der Waals surface area contributed by atoms with E-state index < -0.39 is 4.92 Å². The monoisotopic (exact) mass is 357 g/mol. The van der Waals surface area contributed by atoms with Crippen LogP contribution in [0.1, 0.15) is 12.8 Å². The second kappa shape index (κ2) is 7.96. The van der Waals surface area contributed by atoms with Crippen LogP contribution in [-0.2, 0) is 0 Å². The number of rotatable bonds is 6. The number of aromatic nitrogens is 2. The molecule has 0 bridgehead atoms. The van der Waals surface area contributed by atoms with Crippen LogP contribution in [0.3, 0.4) is 0 Å². The van der Waals surface area contributed by atoms with Gasteiger partial charge in [-0.2, -0.15) is 0 Å². The Kier molecular flexibility index (Phi) is 5.47. The van der Waals surface area contributed by atoms with Gasteiger partial charge in [0.1, 0.15) is 6.33 Å². The van der Waals surface area contributed by atoms with Crippen molar-refractivity contribution in [2.45, 2.75) is 18.9 Å². The molecule has 9 heteroatoms. The molecular weight excluding hydrogens is 334 g/mol. The first-order chi connectivity index (χ1) is 12.6. The van der Waals surface area contributed by atoms with Crippen LogP contribution in [0.25, 0.3) is 0 Å². The van der Waals surface area contributed by atoms with E-state index in [1.165, 1.54) is 6.33 Å². The predicted molar refractivity (Wildman–Crippen MR) is 101 cm³/mol. The SMILES string of the molecule is CN1CCC(N(C)c2ncnc(NNc3ccccc3)c2[N+](=O)[O-])CC1. The van der Waals surface area contributed by atoms with Crippen LogP contribution in [0.5, 0.6) is 0 Å². The van der Waals surface area contributed by atoms with Crippen LogP contribution >= 0.6 is 0 Å². The largest absolute Gasteiger partial charge is 0.355 e. The van der Waals surface area contributed by atoms with Crippen molar-refractivity contribution in [3.05, 3.63) is 46.8 Å². The fraction of sp³-hybridized carbons (Fsp3) is 0.412. The summed E-state index contributed by atoms with van der Waals surface area (Å²) < 4.78 is 0. The maximum atomic E-state index is 11.7. The van der Waals surface area contributed by atoms with Gasteiger partial charge in [0.15, 0.2) is 0 Å². The van der Waals surface area contributed by atoms with Crippen molar-refractivity contribution in [1.29, 1.82) is 0 Å². The molecule has 2 N–H and O–H groups in total. The molecule has 2 heterocycles. The topological polar surface area (TPSA) is 99.5 Å². The Labute approximate surface area is 152 Å². The molecule has 1 aliphatic rings. The van der Waals surface area contributed by atoms with Gasteiger partial charge in [-0.1, -0.05) is 18.2 Å². The number of anilines is 3. The summed E-state index contributed by atoms with van der Waals surface area (Å²) in [6, 6.07) is 9.56. The van der Waals surface area contributed by atoms with Crippen LogP contribution in [0, 0.1) is 10.1 Å². The average molecular weight is 357 g/mol. The Balaban J connectivity index is 1.82. The zero-order valence-corrected chi connectivity index (χ0v) is 14.9. The van der Waals surface area contributed by atoms with E-state index in [-0.39, 0.29) is 17.5 Å². The molecule has 9 nitrogen and oxygen atoms in total. The van der Waals surface area contributed by atoms with Gasteiger partial charge in [-0.15, -0.1) is 0 Å². The predicted octanol–water partition coefficient (Wildman–Crippen LogP) is 2.35. The van der Waals surface area contributed by atoms with Crippen LogP contribution in [0.15, 0.2) is 36.7 Å². The molecule has 1 aromatic heterocycles. The van der Waals surface area contributed by atoms with E-state index in [4.69, 9.17) is 0 Å². The number of nitro groups is 1. The summed E-state index contributed by atoms with van der Waals surface area (Å²) in [5, 5.41) is 11.7. The Morgan fingerprint density at radius 3 is 2.54 bits per heavy atom. The van der Waals surface area contributed by atoms with Crippen molar-refractivity contribution >= 4 is 23.0 Å². The van der Waals surface area contributed by atoms with E-state index in [0.717, 1.165) is 31.6 Å². The molecule has 0 saturated carbocycles. The van der Waals surface area contributed by atoms with Crippen molar-refractivity contribution in [3.8, 4) is 0 Å². The molecule has 0 radical (unpaired) electrons. The molecule has 0 atom stereocenters. The molecule has 0 aliphatic carbocycles. The lowest BCUT2D eigenvalue weighted by Gasteiger charge is -2.35. The van der Waals surface area contributed by atoms with Crippen molar-refractivity contribution in [1.82, 2.24) is 14.9 Å². The van der Waals surface area contributed by atoms with Gasteiger partial charge in [0.25, 0.3) is 0 Å². The zero-order chi connectivity index (χ0) is 18.5. The minimum Gasteiger partial charge on any atom is -0.351 e. The Morgan fingerprint density at radius 1 is 1.19 bits per heavy atom. The fourth-order valence-corrected chi connectivity index (χ4v) is 3.10. The maximum Gasteiger partial charge on any atom is 0.355 e. The first-order valence-corrected chi connectivity index (χ1v) is 8.54. The van der Waals surface area contributed by atoms with Crippen LogP contribution in [0.2, 0.25) is 0 Å². The number of nitrogens with zero attached hydrogens (tertiary/aromatic N) is 5. The summed E-state index contributed by atoms with van der Waals surface area (Å²) >= 11 is 0. The second-order valence-corrected chi connectivity index (χ2v) is 6.41. The third kappa shape index (κ3) is 3.99. The van der Waals surface area contributed by atoms with Crippen molar-refractivity contribution < 1.29 is 4.92 Å². The minimum atomic E-state index is -0.435. The summed E-state index contributed by atoms with van der Waals surface area (Å²) in [6.45, 7) is 1.93. The molecular formula is C17H23N7O2. The minimum absolute atomic E-state index is 0.127. The van der Waals surface area contributed by atoms with E-state index in [0.29, 0.717) is 5.82 Å². The lowest BCUT2D eigenvalue weighted by Crippen LogP contribution is -2.42. The Hall–Kier alpha value is -2.94. The molecule has 1 saturated heterocycles. The second-order valence-electron chi connectivity index (χ2n) is 6.41. The number of para-hydroxylation sites is 1. The number of hydrogen-bond donors (Lipinski definition) is 2. The number of hydrogen-bond acceptors (Lipinski definition) is 8. The lowest BCUT2D eigenvalue weighted by molar-refractivity contribution is -0.383. The molecule has 0 spiro atoms. The Bertz CT molecular complexity index is 748. The number of hydrazine groups is 1. The van der Waals surface area contributed by atoms with Gasteiger partial charge in [-0.3, -0.25) is 21.0 Å². The molecule has 1 aliphatic heterocycles. The molecule has 1 fully saturated rings. The first kappa shape index (κ1) is 17.9. The molecule has 2 aromatic rings. The van der Waals surface area contributed by atoms with E-state index in [9.17, 15) is 10.1 Å². The molecule has 0 unspecified atom stereocenters. The third-order valence-electron chi connectivity index (χ3n) is 4.65. The van der Waals surface area contributed by atoms with E-state index in [1.807, 2.05) is 42.3 Å². The number of nitrogens with one attached hydrogen (secondary N) is 2. The smallest absolute Gasteiger partial charge is 0.351 e. The number of benzene rings is 1. The molecule has 1 aromatic carbocycles. The van der Waals surface area contributed by atoms with Gasteiger partial charge in [-0.25, -0.2) is 9.97 Å². The van der Waals surface area contributed by atoms with Gasteiger partial charge in [0.05, 0.1) is 10.6 Å². The quantitative estimate of drug-likeness (QED) is 0.600. The van der Waals surface area contributed by atoms with Gasteiger partial charge in [-0.05, 0) is 45.1 Å². The summed E-state index contributed by atoms with van der Waals surface area (Å²) in [5.41, 5.74) is 6.43. The Morgan fingerprint density at radius 2 is 1.88 bits per heavy atom. The van der Waals surface area contributed by atoms with Crippen LogP contribution < -0.4 is 15.8 Å². The zero-order valence-electron chi connectivity index (χ0n) is 14.9. The average Bonchev–Trinajstić information content (AvgIpc) is 2.66. The molecule has 3 rings (SSSR count). The van der Waals surface area contributed by atoms with E-state index >= 15 is 0 Å². The van der Waals surface area contributed by atoms with Crippen molar-refractivity contribution in [2.75, 3.05) is 42.9 Å². The van der Waals surface area contributed by atoms with Crippen molar-refractivity contribution in [2.24, 2.45) is 0 Å². The van der Waals surface area contributed by atoms with E-state index in [1.54, 1.807) is 0 Å². The van der Waals surface area contributed by atoms with Gasteiger partial charge in [0, 0.05) is 13.1 Å². The normalized spacial score (nSPS) is 15.5. The summed E-state index contributed by atoms with van der Waals surface area (Å²) in [7, 11) is 3.94. The lowest BCUT2D eigenvalue weighted by atomic mass is 10.0.